The summed E-state index contributed by atoms with van der Waals surface area (Å²) in [5.41, 5.74) is 6.57. The molecule has 1 amide bonds. The second kappa shape index (κ2) is 5.24. The summed E-state index contributed by atoms with van der Waals surface area (Å²) in [5.74, 6) is -4.96. The lowest BCUT2D eigenvalue weighted by Crippen LogP contribution is -2.16. The number of nitrogens with two attached hydrogens (primary N) is 1. The Kier molecular flexibility index (Phi) is 3.65. The molecular weight excluding hydrogens is 269 g/mol. The van der Waals surface area contributed by atoms with Gasteiger partial charge in [-0.05, 0) is 18.6 Å². The minimum Gasteiger partial charge on any atom is -0.398 e. The first-order valence-electron chi connectivity index (χ1n) is 5.71. The third-order valence-electron chi connectivity index (χ3n) is 2.77. The van der Waals surface area contributed by atoms with Crippen LogP contribution in [-0.4, -0.2) is 5.91 Å². The van der Waals surface area contributed by atoms with Crippen molar-refractivity contribution in [1.82, 2.24) is 0 Å². The Morgan fingerprint density at radius 3 is 2.30 bits per heavy atom. The van der Waals surface area contributed by atoms with Crippen molar-refractivity contribution in [3.63, 3.8) is 0 Å². The number of carbonyl (C=O) groups excluding carboxylic acids is 1. The van der Waals surface area contributed by atoms with Crippen molar-refractivity contribution in [1.29, 1.82) is 0 Å². The van der Waals surface area contributed by atoms with E-state index in [0.29, 0.717) is 17.7 Å². The number of hydrogen-bond acceptors (Lipinski definition) is 2. The topological polar surface area (TPSA) is 55.1 Å². The normalized spacial score (nSPS) is 10.4. The van der Waals surface area contributed by atoms with E-state index < -0.39 is 23.4 Å². The van der Waals surface area contributed by atoms with E-state index in [4.69, 9.17) is 5.73 Å². The molecule has 6 heteroatoms. The molecule has 0 atom stereocenters. The number of nitrogens with one attached hydrogen (secondary N) is 1. The zero-order valence-corrected chi connectivity index (χ0v) is 10.5. The first-order chi connectivity index (χ1) is 9.40. The molecule has 0 aromatic heterocycles. The van der Waals surface area contributed by atoms with Crippen molar-refractivity contribution in [2.75, 3.05) is 11.1 Å². The number of halogens is 3. The van der Waals surface area contributed by atoms with Gasteiger partial charge in [0.1, 0.15) is 0 Å². The summed E-state index contributed by atoms with van der Waals surface area (Å²) in [6.45, 7) is 1.68. The Hall–Kier alpha value is -2.50. The summed E-state index contributed by atoms with van der Waals surface area (Å²) in [7, 11) is 0. The fraction of sp³-hybridized carbons (Fsp3) is 0.0714. The molecule has 20 heavy (non-hydrogen) atoms. The first kappa shape index (κ1) is 13.9. The highest BCUT2D eigenvalue weighted by atomic mass is 19.2. The van der Waals surface area contributed by atoms with Crippen LogP contribution < -0.4 is 11.1 Å². The number of aryl methyl sites for hydroxylation is 1. The molecule has 0 saturated heterocycles. The largest absolute Gasteiger partial charge is 0.398 e. The molecular formula is C14H11F3N2O. The smallest absolute Gasteiger partial charge is 0.258 e. The summed E-state index contributed by atoms with van der Waals surface area (Å²) in [4.78, 5) is 12.0. The van der Waals surface area contributed by atoms with Crippen LogP contribution in [0.3, 0.4) is 0 Å². The molecule has 0 spiro atoms. The molecule has 0 aliphatic rings. The predicted octanol–water partition coefficient (Wildman–Crippen LogP) is 3.25. The molecule has 104 valence electrons. The summed E-state index contributed by atoms with van der Waals surface area (Å²) in [6, 6.07) is 6.29. The number of carbonyl (C=O) groups is 1. The van der Waals surface area contributed by atoms with Gasteiger partial charge in [-0.15, -0.1) is 0 Å². The fourth-order valence-corrected chi connectivity index (χ4v) is 1.82. The number of anilines is 2. The predicted molar refractivity (Wildman–Crippen MR) is 69.9 cm³/mol. The van der Waals surface area contributed by atoms with E-state index in [1.165, 1.54) is 6.07 Å². The van der Waals surface area contributed by atoms with E-state index in [2.05, 4.69) is 5.32 Å². The third kappa shape index (κ3) is 2.59. The van der Waals surface area contributed by atoms with Gasteiger partial charge in [-0.25, -0.2) is 13.2 Å². The summed E-state index contributed by atoms with van der Waals surface area (Å²) < 4.78 is 38.9. The average Bonchev–Trinajstić information content (AvgIpc) is 2.35. The number of hydrogen-bond donors (Lipinski definition) is 2. The van der Waals surface area contributed by atoms with E-state index in [-0.39, 0.29) is 16.9 Å². The second-order valence-corrected chi connectivity index (χ2v) is 4.25. The molecule has 0 aliphatic carbocycles. The van der Waals surface area contributed by atoms with Crippen molar-refractivity contribution < 1.29 is 18.0 Å². The minimum atomic E-state index is -1.58. The number of nitrogen functional groups attached to an aromatic ring is 1. The van der Waals surface area contributed by atoms with E-state index in [1.54, 1.807) is 19.1 Å². The molecule has 2 aromatic rings. The average molecular weight is 280 g/mol. The SMILES string of the molecule is Cc1cccc(N)c1C(=O)Nc1cc(F)c(F)c(F)c1. The Morgan fingerprint density at radius 1 is 1.15 bits per heavy atom. The van der Waals surface area contributed by atoms with Crippen LogP contribution >= 0.6 is 0 Å². The zero-order valence-electron chi connectivity index (χ0n) is 10.5. The highest BCUT2D eigenvalue weighted by molar-refractivity contribution is 6.08. The van der Waals surface area contributed by atoms with Gasteiger partial charge in [0, 0.05) is 23.5 Å². The minimum absolute atomic E-state index is 0.186. The number of rotatable bonds is 2. The first-order valence-corrected chi connectivity index (χ1v) is 5.71. The highest BCUT2D eigenvalue weighted by Gasteiger charge is 2.15. The molecule has 0 fully saturated rings. The van der Waals surface area contributed by atoms with Gasteiger partial charge in [-0.3, -0.25) is 4.79 Å². The van der Waals surface area contributed by atoms with Crippen LogP contribution in [0.1, 0.15) is 15.9 Å². The van der Waals surface area contributed by atoms with Crippen molar-refractivity contribution >= 4 is 17.3 Å². The Balaban J connectivity index is 2.33. The van der Waals surface area contributed by atoms with Crippen molar-refractivity contribution in [3.05, 3.63) is 58.9 Å². The Morgan fingerprint density at radius 2 is 1.75 bits per heavy atom. The molecule has 0 unspecified atom stereocenters. The van der Waals surface area contributed by atoms with Crippen LogP contribution in [0, 0.1) is 24.4 Å². The number of benzene rings is 2. The maximum absolute atomic E-state index is 13.1. The van der Waals surface area contributed by atoms with Gasteiger partial charge in [0.15, 0.2) is 17.5 Å². The summed E-state index contributed by atoms with van der Waals surface area (Å²) in [5, 5.41) is 2.28. The Labute approximate surface area is 113 Å². The molecule has 0 heterocycles. The van der Waals surface area contributed by atoms with Crippen LogP contribution in [0.5, 0.6) is 0 Å². The van der Waals surface area contributed by atoms with E-state index in [0.717, 1.165) is 0 Å². The summed E-state index contributed by atoms with van der Waals surface area (Å²) in [6.07, 6.45) is 0. The molecule has 2 aromatic carbocycles. The van der Waals surface area contributed by atoms with Crippen LogP contribution in [0.2, 0.25) is 0 Å². The lowest BCUT2D eigenvalue weighted by Gasteiger charge is -2.10. The molecule has 0 aliphatic heterocycles. The third-order valence-corrected chi connectivity index (χ3v) is 2.77. The molecule has 3 nitrogen and oxygen atoms in total. The quantitative estimate of drug-likeness (QED) is 0.655. The van der Waals surface area contributed by atoms with Crippen LogP contribution in [0.4, 0.5) is 24.5 Å². The van der Waals surface area contributed by atoms with Gasteiger partial charge < -0.3 is 11.1 Å². The van der Waals surface area contributed by atoms with Gasteiger partial charge in [0.05, 0.1) is 5.56 Å². The van der Waals surface area contributed by atoms with E-state index >= 15 is 0 Å². The lowest BCUT2D eigenvalue weighted by atomic mass is 10.1. The van der Waals surface area contributed by atoms with Crippen molar-refractivity contribution in [3.8, 4) is 0 Å². The van der Waals surface area contributed by atoms with Gasteiger partial charge in [0.25, 0.3) is 5.91 Å². The van der Waals surface area contributed by atoms with Crippen molar-refractivity contribution in [2.24, 2.45) is 0 Å². The molecule has 2 rings (SSSR count). The molecule has 3 N–H and O–H groups in total. The van der Waals surface area contributed by atoms with Crippen LogP contribution in [0.15, 0.2) is 30.3 Å². The molecule has 0 radical (unpaired) electrons. The standard InChI is InChI=1S/C14H11F3N2O/c1-7-3-2-4-11(18)12(7)14(20)19-8-5-9(15)13(17)10(16)6-8/h2-6H,18H2,1H3,(H,19,20). The summed E-state index contributed by atoms with van der Waals surface area (Å²) >= 11 is 0. The van der Waals surface area contributed by atoms with Crippen molar-refractivity contribution in [2.45, 2.75) is 6.92 Å². The van der Waals surface area contributed by atoms with Gasteiger partial charge in [-0.1, -0.05) is 12.1 Å². The monoisotopic (exact) mass is 280 g/mol. The number of amides is 1. The molecule has 0 saturated carbocycles. The second-order valence-electron chi connectivity index (χ2n) is 4.25. The van der Waals surface area contributed by atoms with E-state index in [9.17, 15) is 18.0 Å². The Bertz CT molecular complexity index is 643. The van der Waals surface area contributed by atoms with Gasteiger partial charge in [-0.2, -0.15) is 0 Å². The lowest BCUT2D eigenvalue weighted by molar-refractivity contribution is 0.102. The van der Waals surface area contributed by atoms with Gasteiger partial charge in [0.2, 0.25) is 0 Å². The maximum atomic E-state index is 13.1. The van der Waals surface area contributed by atoms with Crippen LogP contribution in [-0.2, 0) is 0 Å². The highest BCUT2D eigenvalue weighted by Crippen LogP contribution is 2.21. The van der Waals surface area contributed by atoms with E-state index in [1.807, 2.05) is 0 Å². The van der Waals surface area contributed by atoms with Crippen LogP contribution in [0.25, 0.3) is 0 Å². The van der Waals surface area contributed by atoms with Gasteiger partial charge >= 0.3 is 0 Å². The molecule has 0 bridgehead atoms. The maximum Gasteiger partial charge on any atom is 0.258 e. The zero-order chi connectivity index (χ0) is 14.9. The fourth-order valence-electron chi connectivity index (χ4n) is 1.82.